The van der Waals surface area contributed by atoms with E-state index in [4.69, 9.17) is 18.9 Å². The molecular weight excluding hydrogens is 458 g/mol. The SMILES string of the molecule is CCOC(=O)N1CC[C@]23c4c5ccc(OC)c4O[C@H]2[C@@]2(OC)CC[C@@]3(C[C@@H]2C(C)(O)C(C)(C)C)[C@H]1C5. The molecule has 198 valence electrons. The van der Waals surface area contributed by atoms with Crippen molar-refractivity contribution in [3.63, 3.8) is 0 Å². The number of benzene rings is 1. The van der Waals surface area contributed by atoms with E-state index in [1.807, 2.05) is 24.8 Å². The molecule has 1 N–H and O–H groups in total. The fourth-order valence-corrected chi connectivity index (χ4v) is 9.21. The van der Waals surface area contributed by atoms with Gasteiger partial charge in [0.2, 0.25) is 0 Å². The van der Waals surface area contributed by atoms with E-state index in [0.29, 0.717) is 13.2 Å². The second-order valence-electron chi connectivity index (χ2n) is 12.9. The molecule has 4 fully saturated rings. The summed E-state index contributed by atoms with van der Waals surface area (Å²) in [5, 5.41) is 12.2. The molecule has 4 bridgehead atoms. The van der Waals surface area contributed by atoms with Crippen molar-refractivity contribution in [1.82, 2.24) is 4.90 Å². The van der Waals surface area contributed by atoms with E-state index < -0.39 is 11.2 Å². The molecule has 1 aromatic rings. The zero-order valence-corrected chi connectivity index (χ0v) is 22.8. The molecule has 7 rings (SSSR count). The number of ether oxygens (including phenoxy) is 4. The predicted octanol–water partition coefficient (Wildman–Crippen LogP) is 4.46. The molecule has 1 amide bonds. The smallest absolute Gasteiger partial charge is 0.410 e. The number of likely N-dealkylation sites (tertiary alicyclic amines) is 1. The Bertz CT molecular complexity index is 1110. The molecule has 1 saturated heterocycles. The van der Waals surface area contributed by atoms with E-state index in [1.54, 1.807) is 14.2 Å². The first-order valence-electron chi connectivity index (χ1n) is 13.5. The van der Waals surface area contributed by atoms with Crippen LogP contribution in [-0.4, -0.2) is 66.8 Å². The highest BCUT2D eigenvalue weighted by Crippen LogP contribution is 2.78. The Kier molecular flexibility index (Phi) is 4.95. The van der Waals surface area contributed by atoms with Gasteiger partial charge in [-0.3, -0.25) is 0 Å². The Morgan fingerprint density at radius 1 is 1.19 bits per heavy atom. The fraction of sp³-hybridized carbons (Fsp3) is 0.759. The summed E-state index contributed by atoms with van der Waals surface area (Å²) >= 11 is 0. The minimum absolute atomic E-state index is 0.0170. The third-order valence-corrected chi connectivity index (χ3v) is 11.3. The lowest BCUT2D eigenvalue weighted by Crippen LogP contribution is -2.83. The van der Waals surface area contributed by atoms with Gasteiger partial charge in [0.1, 0.15) is 11.7 Å². The van der Waals surface area contributed by atoms with E-state index in [2.05, 4.69) is 26.8 Å². The third-order valence-electron chi connectivity index (χ3n) is 11.3. The summed E-state index contributed by atoms with van der Waals surface area (Å²) in [6.07, 6.45) is 3.55. The Morgan fingerprint density at radius 3 is 2.58 bits per heavy atom. The first-order valence-corrected chi connectivity index (χ1v) is 13.5. The van der Waals surface area contributed by atoms with Crippen molar-refractivity contribution in [3.8, 4) is 11.5 Å². The summed E-state index contributed by atoms with van der Waals surface area (Å²) in [5.41, 5.74) is -0.0667. The lowest BCUT2D eigenvalue weighted by molar-refractivity contribution is -0.310. The molecule has 0 radical (unpaired) electrons. The summed E-state index contributed by atoms with van der Waals surface area (Å²) in [6.45, 7) is 11.1. The second-order valence-corrected chi connectivity index (χ2v) is 12.9. The van der Waals surface area contributed by atoms with E-state index in [0.717, 1.165) is 43.6 Å². The van der Waals surface area contributed by atoms with Crippen LogP contribution in [-0.2, 0) is 21.3 Å². The number of hydrogen-bond donors (Lipinski definition) is 1. The van der Waals surface area contributed by atoms with Crippen molar-refractivity contribution in [2.75, 3.05) is 27.4 Å². The Balaban J connectivity index is 1.62. The summed E-state index contributed by atoms with van der Waals surface area (Å²) in [6, 6.07) is 4.13. The average Bonchev–Trinajstić information content (AvgIpc) is 3.20. The van der Waals surface area contributed by atoms with Crippen LogP contribution in [0.4, 0.5) is 4.79 Å². The van der Waals surface area contributed by atoms with Gasteiger partial charge in [0.25, 0.3) is 0 Å². The highest BCUT2D eigenvalue weighted by atomic mass is 16.6. The number of carbonyl (C=O) groups excluding carboxylic acids is 1. The second kappa shape index (κ2) is 7.31. The van der Waals surface area contributed by atoms with Crippen LogP contribution < -0.4 is 9.47 Å². The summed E-state index contributed by atoms with van der Waals surface area (Å²) in [5.74, 6) is 1.43. The quantitative estimate of drug-likeness (QED) is 0.659. The molecule has 7 atom stereocenters. The topological polar surface area (TPSA) is 77.5 Å². The Labute approximate surface area is 214 Å². The van der Waals surface area contributed by atoms with Crippen LogP contribution in [0.5, 0.6) is 11.5 Å². The van der Waals surface area contributed by atoms with Crippen molar-refractivity contribution in [1.29, 1.82) is 0 Å². The number of fused-ring (bicyclic) bond motifs is 2. The van der Waals surface area contributed by atoms with Crippen LogP contribution in [0.25, 0.3) is 0 Å². The number of methoxy groups -OCH3 is 2. The van der Waals surface area contributed by atoms with Gasteiger partial charge in [-0.15, -0.1) is 0 Å². The highest BCUT2D eigenvalue weighted by Gasteiger charge is 2.82. The molecule has 6 aliphatic rings. The molecule has 2 spiro atoms. The van der Waals surface area contributed by atoms with Crippen LogP contribution >= 0.6 is 0 Å². The number of carbonyl (C=O) groups is 1. The zero-order chi connectivity index (χ0) is 25.9. The van der Waals surface area contributed by atoms with Gasteiger partial charge < -0.3 is 29.0 Å². The molecule has 3 saturated carbocycles. The monoisotopic (exact) mass is 499 g/mol. The van der Waals surface area contributed by atoms with Gasteiger partial charge >= 0.3 is 6.09 Å². The van der Waals surface area contributed by atoms with Gasteiger partial charge in [-0.2, -0.15) is 0 Å². The van der Waals surface area contributed by atoms with Crippen LogP contribution in [0.1, 0.15) is 71.4 Å². The molecule has 7 heteroatoms. The van der Waals surface area contributed by atoms with Gasteiger partial charge in [0.05, 0.1) is 19.3 Å². The van der Waals surface area contributed by atoms with Crippen LogP contribution in [0.15, 0.2) is 12.1 Å². The summed E-state index contributed by atoms with van der Waals surface area (Å²) in [4.78, 5) is 15.3. The molecule has 36 heavy (non-hydrogen) atoms. The molecular formula is C29H41NO6. The third kappa shape index (κ3) is 2.50. The molecule has 2 heterocycles. The van der Waals surface area contributed by atoms with Gasteiger partial charge in [0.15, 0.2) is 11.5 Å². The highest BCUT2D eigenvalue weighted by molar-refractivity contribution is 5.71. The van der Waals surface area contributed by atoms with Gasteiger partial charge in [-0.25, -0.2) is 4.79 Å². The van der Waals surface area contributed by atoms with Gasteiger partial charge in [-0.05, 0) is 63.0 Å². The molecule has 1 unspecified atom stereocenters. The first-order chi connectivity index (χ1) is 16.9. The number of rotatable bonds is 4. The summed E-state index contributed by atoms with van der Waals surface area (Å²) < 4.78 is 24.9. The van der Waals surface area contributed by atoms with E-state index >= 15 is 0 Å². The summed E-state index contributed by atoms with van der Waals surface area (Å²) in [7, 11) is 3.49. The molecule has 4 aliphatic carbocycles. The molecule has 2 aliphatic heterocycles. The first kappa shape index (κ1) is 24.4. The predicted molar refractivity (Wildman–Crippen MR) is 135 cm³/mol. The van der Waals surface area contributed by atoms with Crippen molar-refractivity contribution in [3.05, 3.63) is 23.3 Å². The van der Waals surface area contributed by atoms with E-state index in [9.17, 15) is 9.90 Å². The molecule has 0 aromatic heterocycles. The molecule has 1 aromatic carbocycles. The van der Waals surface area contributed by atoms with Crippen molar-refractivity contribution in [2.45, 2.75) is 95.5 Å². The molecule has 7 nitrogen and oxygen atoms in total. The zero-order valence-electron chi connectivity index (χ0n) is 22.8. The number of aliphatic hydroxyl groups is 1. The normalized spacial score (nSPS) is 39.2. The maximum absolute atomic E-state index is 13.3. The van der Waals surface area contributed by atoms with Crippen LogP contribution in [0.3, 0.4) is 0 Å². The van der Waals surface area contributed by atoms with E-state index in [1.165, 1.54) is 11.1 Å². The van der Waals surface area contributed by atoms with Crippen molar-refractivity contribution in [2.24, 2.45) is 16.7 Å². The standard InChI is InChI=1S/C29H41NO6/c1-8-35-24(31)30-14-13-28-21-17-9-10-18(33-6)22(21)36-23(28)29(34-7)12-11-27(28,20(30)15-17)16-19(29)26(5,32)25(2,3)4/h9-10,19-20,23,32H,8,11-16H2,1-7H3/t19-,20-,23-,26?,27-,28+,29-/m1/s1. The maximum Gasteiger partial charge on any atom is 0.410 e. The largest absolute Gasteiger partial charge is 0.493 e. The number of hydrogen-bond acceptors (Lipinski definition) is 6. The minimum Gasteiger partial charge on any atom is -0.493 e. The minimum atomic E-state index is -1.01. The lowest BCUT2D eigenvalue weighted by atomic mass is 9.33. The van der Waals surface area contributed by atoms with Crippen molar-refractivity contribution < 1.29 is 28.8 Å². The average molecular weight is 500 g/mol. The lowest BCUT2D eigenvalue weighted by Gasteiger charge is -2.75. The maximum atomic E-state index is 13.3. The Hall–Kier alpha value is -1.99. The van der Waals surface area contributed by atoms with Crippen molar-refractivity contribution >= 4 is 6.09 Å². The number of amides is 1. The fourth-order valence-electron chi connectivity index (χ4n) is 9.21. The van der Waals surface area contributed by atoms with Gasteiger partial charge in [0, 0.05) is 42.0 Å². The Morgan fingerprint density at radius 2 is 1.94 bits per heavy atom. The van der Waals surface area contributed by atoms with E-state index in [-0.39, 0.29) is 40.4 Å². The van der Waals surface area contributed by atoms with Crippen LogP contribution in [0.2, 0.25) is 0 Å². The van der Waals surface area contributed by atoms with Crippen LogP contribution in [0, 0.1) is 16.7 Å². The number of piperidine rings is 1. The van der Waals surface area contributed by atoms with Gasteiger partial charge in [-0.1, -0.05) is 26.8 Å². The number of nitrogens with zero attached hydrogens (tertiary/aromatic N) is 1.